The normalized spacial score (nSPS) is 25.4. The second-order valence-electron chi connectivity index (χ2n) is 5.21. The van der Waals surface area contributed by atoms with Crippen molar-refractivity contribution in [2.75, 3.05) is 0 Å². The lowest BCUT2D eigenvalue weighted by Crippen LogP contribution is -2.33. The first-order chi connectivity index (χ1) is 8.15. The third kappa shape index (κ3) is 3.76. The van der Waals surface area contributed by atoms with Crippen LogP contribution in [-0.2, 0) is 6.54 Å². The van der Waals surface area contributed by atoms with Gasteiger partial charge in [0.1, 0.15) is 0 Å². The Bertz CT molecular complexity index is 343. The van der Waals surface area contributed by atoms with Crippen molar-refractivity contribution in [1.82, 2.24) is 10.3 Å². The fourth-order valence-electron chi connectivity index (χ4n) is 2.20. The van der Waals surface area contributed by atoms with E-state index in [1.54, 1.807) is 0 Å². The van der Waals surface area contributed by atoms with Crippen LogP contribution in [0.4, 0.5) is 0 Å². The molecule has 0 bridgehead atoms. The van der Waals surface area contributed by atoms with Crippen molar-refractivity contribution in [2.45, 2.75) is 64.1 Å². The standard InChI is InChI=1S/C13H22N2OS/c1-9(2)13-15-8-12(17-13)7-14-10-3-5-11(16)6-4-10/h8-11,14,16H,3-7H2,1-2H3. The molecule has 1 aromatic heterocycles. The Morgan fingerprint density at radius 2 is 2.12 bits per heavy atom. The molecule has 2 rings (SSSR count). The number of rotatable bonds is 4. The minimum absolute atomic E-state index is 0.0657. The quantitative estimate of drug-likeness (QED) is 0.868. The van der Waals surface area contributed by atoms with Crippen LogP contribution in [-0.4, -0.2) is 22.2 Å². The average Bonchev–Trinajstić information content (AvgIpc) is 2.77. The van der Waals surface area contributed by atoms with Gasteiger partial charge in [-0.2, -0.15) is 0 Å². The van der Waals surface area contributed by atoms with Gasteiger partial charge in [-0.05, 0) is 25.7 Å². The maximum Gasteiger partial charge on any atom is 0.0953 e. The van der Waals surface area contributed by atoms with Crippen LogP contribution in [0, 0.1) is 0 Å². The molecule has 0 unspecified atom stereocenters. The summed E-state index contributed by atoms with van der Waals surface area (Å²) in [6.07, 6.45) is 6.00. The number of aliphatic hydroxyl groups is 1. The van der Waals surface area contributed by atoms with Gasteiger partial charge in [0.05, 0.1) is 11.1 Å². The molecule has 1 heterocycles. The molecule has 2 N–H and O–H groups in total. The lowest BCUT2D eigenvalue weighted by Gasteiger charge is -2.26. The summed E-state index contributed by atoms with van der Waals surface area (Å²) in [6.45, 7) is 5.28. The Hall–Kier alpha value is -0.450. The molecule has 1 fully saturated rings. The molecule has 4 heteroatoms. The molecule has 1 aliphatic carbocycles. The number of hydrogen-bond donors (Lipinski definition) is 2. The number of nitrogens with zero attached hydrogens (tertiary/aromatic N) is 1. The topological polar surface area (TPSA) is 45.2 Å². The highest BCUT2D eigenvalue weighted by Gasteiger charge is 2.18. The minimum Gasteiger partial charge on any atom is -0.393 e. The van der Waals surface area contributed by atoms with Gasteiger partial charge in [-0.3, -0.25) is 0 Å². The average molecular weight is 254 g/mol. The highest BCUT2D eigenvalue weighted by atomic mass is 32.1. The van der Waals surface area contributed by atoms with Gasteiger partial charge in [-0.1, -0.05) is 13.8 Å². The molecule has 96 valence electrons. The zero-order chi connectivity index (χ0) is 12.3. The molecule has 3 nitrogen and oxygen atoms in total. The van der Waals surface area contributed by atoms with Crippen LogP contribution in [0.3, 0.4) is 0 Å². The first kappa shape index (κ1) is 13.0. The molecule has 0 aromatic carbocycles. The number of aromatic nitrogens is 1. The van der Waals surface area contributed by atoms with Crippen molar-refractivity contribution in [3.63, 3.8) is 0 Å². The van der Waals surface area contributed by atoms with Gasteiger partial charge in [0.15, 0.2) is 0 Å². The smallest absolute Gasteiger partial charge is 0.0953 e. The number of aliphatic hydroxyl groups excluding tert-OH is 1. The zero-order valence-corrected chi connectivity index (χ0v) is 11.5. The lowest BCUT2D eigenvalue weighted by atomic mass is 9.93. The SMILES string of the molecule is CC(C)c1ncc(CNC2CCC(O)CC2)s1. The van der Waals surface area contributed by atoms with Gasteiger partial charge in [-0.15, -0.1) is 11.3 Å². The van der Waals surface area contributed by atoms with E-state index in [1.807, 2.05) is 17.5 Å². The molecule has 0 atom stereocenters. The monoisotopic (exact) mass is 254 g/mol. The van der Waals surface area contributed by atoms with E-state index < -0.39 is 0 Å². The molecule has 0 spiro atoms. The Labute approximate surface area is 107 Å². The van der Waals surface area contributed by atoms with Crippen LogP contribution < -0.4 is 5.32 Å². The maximum atomic E-state index is 9.44. The van der Waals surface area contributed by atoms with Gasteiger partial charge < -0.3 is 10.4 Å². The summed E-state index contributed by atoms with van der Waals surface area (Å²) in [5.41, 5.74) is 0. The summed E-state index contributed by atoms with van der Waals surface area (Å²) in [5.74, 6) is 0.526. The molecular weight excluding hydrogens is 232 g/mol. The lowest BCUT2D eigenvalue weighted by molar-refractivity contribution is 0.116. The number of nitrogens with one attached hydrogen (secondary N) is 1. The third-order valence-corrected chi connectivity index (χ3v) is 4.62. The Morgan fingerprint density at radius 3 is 2.71 bits per heavy atom. The van der Waals surface area contributed by atoms with Crippen molar-refractivity contribution in [1.29, 1.82) is 0 Å². The van der Waals surface area contributed by atoms with Gasteiger partial charge in [0.25, 0.3) is 0 Å². The molecule has 0 saturated heterocycles. The van der Waals surface area contributed by atoms with Crippen LogP contribution in [0.5, 0.6) is 0 Å². The summed E-state index contributed by atoms with van der Waals surface area (Å²) >= 11 is 1.81. The van der Waals surface area contributed by atoms with E-state index >= 15 is 0 Å². The molecule has 1 aliphatic rings. The minimum atomic E-state index is -0.0657. The molecule has 17 heavy (non-hydrogen) atoms. The van der Waals surface area contributed by atoms with E-state index in [9.17, 15) is 5.11 Å². The van der Waals surface area contributed by atoms with Crippen molar-refractivity contribution in [3.8, 4) is 0 Å². The summed E-state index contributed by atoms with van der Waals surface area (Å²) in [5, 5.41) is 14.2. The molecule has 0 amide bonds. The van der Waals surface area contributed by atoms with Gasteiger partial charge in [0.2, 0.25) is 0 Å². The Kier molecular flexibility index (Phi) is 4.54. The number of hydrogen-bond acceptors (Lipinski definition) is 4. The van der Waals surface area contributed by atoms with Crippen LogP contribution in [0.2, 0.25) is 0 Å². The molecular formula is C13H22N2OS. The summed E-state index contributed by atoms with van der Waals surface area (Å²) in [4.78, 5) is 5.75. The van der Waals surface area contributed by atoms with Crippen molar-refractivity contribution >= 4 is 11.3 Å². The van der Waals surface area contributed by atoms with Crippen molar-refractivity contribution in [2.24, 2.45) is 0 Å². The Morgan fingerprint density at radius 1 is 1.41 bits per heavy atom. The van der Waals surface area contributed by atoms with E-state index in [4.69, 9.17) is 0 Å². The largest absolute Gasteiger partial charge is 0.393 e. The summed E-state index contributed by atoms with van der Waals surface area (Å²) < 4.78 is 0. The molecule has 0 aliphatic heterocycles. The summed E-state index contributed by atoms with van der Waals surface area (Å²) in [6, 6.07) is 0.572. The second kappa shape index (κ2) is 5.94. The van der Waals surface area contributed by atoms with E-state index in [-0.39, 0.29) is 6.10 Å². The van der Waals surface area contributed by atoms with Gasteiger partial charge >= 0.3 is 0 Å². The molecule has 1 saturated carbocycles. The van der Waals surface area contributed by atoms with E-state index in [2.05, 4.69) is 24.1 Å². The first-order valence-electron chi connectivity index (χ1n) is 6.51. The van der Waals surface area contributed by atoms with E-state index in [1.165, 1.54) is 9.88 Å². The van der Waals surface area contributed by atoms with E-state index in [0.717, 1.165) is 32.2 Å². The van der Waals surface area contributed by atoms with Crippen LogP contribution in [0.1, 0.15) is 55.3 Å². The third-order valence-electron chi connectivity index (χ3n) is 3.33. The molecule has 0 radical (unpaired) electrons. The van der Waals surface area contributed by atoms with E-state index in [0.29, 0.717) is 12.0 Å². The van der Waals surface area contributed by atoms with Crippen molar-refractivity contribution in [3.05, 3.63) is 16.1 Å². The van der Waals surface area contributed by atoms with Crippen molar-refractivity contribution < 1.29 is 5.11 Å². The maximum absolute atomic E-state index is 9.44. The number of thiazole rings is 1. The molecule has 1 aromatic rings. The van der Waals surface area contributed by atoms with Gasteiger partial charge in [0, 0.05) is 29.6 Å². The summed E-state index contributed by atoms with van der Waals surface area (Å²) in [7, 11) is 0. The predicted octanol–water partition coefficient (Wildman–Crippen LogP) is 2.66. The second-order valence-corrected chi connectivity index (χ2v) is 6.35. The fraction of sp³-hybridized carbons (Fsp3) is 0.769. The van der Waals surface area contributed by atoms with Crippen LogP contribution >= 0.6 is 11.3 Å². The zero-order valence-electron chi connectivity index (χ0n) is 10.6. The highest BCUT2D eigenvalue weighted by Crippen LogP contribution is 2.22. The predicted molar refractivity (Wildman–Crippen MR) is 71.3 cm³/mol. The highest BCUT2D eigenvalue weighted by molar-refractivity contribution is 7.11. The Balaban J connectivity index is 1.77. The van der Waals surface area contributed by atoms with Crippen LogP contribution in [0.15, 0.2) is 6.20 Å². The fourth-order valence-corrected chi connectivity index (χ4v) is 3.07. The van der Waals surface area contributed by atoms with Gasteiger partial charge in [-0.25, -0.2) is 4.98 Å². The van der Waals surface area contributed by atoms with Crippen LogP contribution in [0.25, 0.3) is 0 Å². The first-order valence-corrected chi connectivity index (χ1v) is 7.33.